The van der Waals surface area contributed by atoms with Crippen LogP contribution in [-0.4, -0.2) is 17.6 Å². The number of nitrogens with one attached hydrogen (secondary N) is 1. The lowest BCUT2D eigenvalue weighted by Crippen LogP contribution is -2.40. The third-order valence-electron chi connectivity index (χ3n) is 4.67. The minimum Gasteiger partial charge on any atom is -0.422 e. The normalized spacial score (nSPS) is 19.7. The van der Waals surface area contributed by atoms with Crippen molar-refractivity contribution in [3.05, 3.63) is 70.9 Å². The van der Waals surface area contributed by atoms with Crippen LogP contribution in [0.1, 0.15) is 29.3 Å². The second kappa shape index (κ2) is 6.13. The van der Waals surface area contributed by atoms with E-state index in [0.29, 0.717) is 28.6 Å². The molecule has 1 N–H and O–H groups in total. The van der Waals surface area contributed by atoms with Gasteiger partial charge in [-0.05, 0) is 18.1 Å². The summed E-state index contributed by atoms with van der Waals surface area (Å²) in [5.74, 6) is -2.20. The van der Waals surface area contributed by atoms with Crippen molar-refractivity contribution in [3.63, 3.8) is 0 Å². The molecule has 0 fully saturated rings. The maximum Gasteiger partial charge on any atom is 0.418 e. The molecular weight excluding hydrogens is 359 g/mol. The topological polar surface area (TPSA) is 51.3 Å². The van der Waals surface area contributed by atoms with Crippen LogP contribution in [0.3, 0.4) is 0 Å². The second-order valence-corrected chi connectivity index (χ2v) is 6.38. The summed E-state index contributed by atoms with van der Waals surface area (Å²) in [6.45, 7) is 1.45. The maximum absolute atomic E-state index is 13.5. The van der Waals surface area contributed by atoms with Crippen molar-refractivity contribution in [2.75, 3.05) is 6.61 Å². The lowest BCUT2D eigenvalue weighted by molar-refractivity contribution is -0.222. The van der Waals surface area contributed by atoms with Gasteiger partial charge in [-0.15, -0.1) is 0 Å². The van der Waals surface area contributed by atoms with Crippen molar-refractivity contribution in [3.8, 4) is 0 Å². The van der Waals surface area contributed by atoms with Gasteiger partial charge in [0.25, 0.3) is 5.79 Å². The molecule has 7 heteroatoms. The predicted molar refractivity (Wildman–Crippen MR) is 91.9 cm³/mol. The number of H-pyrrole nitrogens is 1. The van der Waals surface area contributed by atoms with Crippen molar-refractivity contribution in [2.24, 2.45) is 0 Å². The van der Waals surface area contributed by atoms with E-state index >= 15 is 0 Å². The average Bonchev–Trinajstić information content (AvgIpc) is 3.01. The SMILES string of the molecule is CC(=O)OC1(c2ccccc2)OCCc2c1[nH]c1c(C(F)(F)F)cccc21. The molecular formula is C20H16F3NO3. The van der Waals surface area contributed by atoms with Gasteiger partial charge in [-0.2, -0.15) is 13.2 Å². The molecule has 140 valence electrons. The van der Waals surface area contributed by atoms with Gasteiger partial charge in [-0.25, -0.2) is 0 Å². The van der Waals surface area contributed by atoms with Gasteiger partial charge in [0.1, 0.15) is 0 Å². The number of para-hydroxylation sites is 1. The van der Waals surface area contributed by atoms with E-state index < -0.39 is 23.5 Å². The Kier molecular flexibility index (Phi) is 3.99. The van der Waals surface area contributed by atoms with Gasteiger partial charge in [0, 0.05) is 17.9 Å². The average molecular weight is 375 g/mol. The Hall–Kier alpha value is -2.80. The molecule has 1 atom stereocenters. The number of benzene rings is 2. The van der Waals surface area contributed by atoms with Crippen LogP contribution in [0.15, 0.2) is 48.5 Å². The molecule has 0 radical (unpaired) electrons. The molecule has 0 saturated carbocycles. The fourth-order valence-corrected chi connectivity index (χ4v) is 3.65. The number of hydrogen-bond acceptors (Lipinski definition) is 3. The van der Waals surface area contributed by atoms with E-state index in [1.54, 1.807) is 36.4 Å². The van der Waals surface area contributed by atoms with E-state index in [4.69, 9.17) is 9.47 Å². The van der Waals surface area contributed by atoms with E-state index in [-0.39, 0.29) is 12.1 Å². The first-order valence-corrected chi connectivity index (χ1v) is 8.43. The number of ether oxygens (including phenoxy) is 2. The van der Waals surface area contributed by atoms with Crippen LogP contribution >= 0.6 is 0 Å². The molecule has 1 aliphatic rings. The van der Waals surface area contributed by atoms with Crippen LogP contribution in [-0.2, 0) is 32.7 Å². The molecule has 3 aromatic rings. The Balaban J connectivity index is 2.03. The summed E-state index contributed by atoms with van der Waals surface area (Å²) >= 11 is 0. The second-order valence-electron chi connectivity index (χ2n) is 6.38. The molecule has 0 bridgehead atoms. The molecule has 0 amide bonds. The summed E-state index contributed by atoms with van der Waals surface area (Å²) in [6, 6.07) is 12.8. The minimum atomic E-state index is -4.51. The molecule has 0 aliphatic carbocycles. The number of rotatable bonds is 2. The summed E-state index contributed by atoms with van der Waals surface area (Å²) < 4.78 is 51.9. The van der Waals surface area contributed by atoms with Crippen LogP contribution in [0.25, 0.3) is 10.9 Å². The number of aromatic amines is 1. The van der Waals surface area contributed by atoms with Crippen molar-refractivity contribution in [1.29, 1.82) is 0 Å². The smallest absolute Gasteiger partial charge is 0.418 e. The molecule has 0 spiro atoms. The summed E-state index contributed by atoms with van der Waals surface area (Å²) in [7, 11) is 0. The third-order valence-corrected chi connectivity index (χ3v) is 4.67. The molecule has 4 rings (SSSR count). The molecule has 4 nitrogen and oxygen atoms in total. The van der Waals surface area contributed by atoms with Crippen molar-refractivity contribution in [1.82, 2.24) is 4.98 Å². The highest BCUT2D eigenvalue weighted by Crippen LogP contribution is 2.44. The summed E-state index contributed by atoms with van der Waals surface area (Å²) in [4.78, 5) is 14.7. The minimum absolute atomic E-state index is 0.0343. The van der Waals surface area contributed by atoms with Crippen LogP contribution < -0.4 is 0 Å². The predicted octanol–water partition coefficient (Wildman–Crippen LogP) is 4.52. The van der Waals surface area contributed by atoms with E-state index in [9.17, 15) is 18.0 Å². The summed E-state index contributed by atoms with van der Waals surface area (Å²) in [5, 5.41) is 0.454. The number of hydrogen-bond donors (Lipinski definition) is 1. The quantitative estimate of drug-likeness (QED) is 0.670. The summed E-state index contributed by atoms with van der Waals surface area (Å²) in [6.07, 6.45) is -4.10. The number of esters is 1. The number of fused-ring (bicyclic) bond motifs is 3. The fraction of sp³-hybridized carbons (Fsp3) is 0.250. The number of alkyl halides is 3. The molecule has 2 aromatic carbocycles. The first kappa shape index (κ1) is 17.6. The van der Waals surface area contributed by atoms with Crippen LogP contribution in [0.5, 0.6) is 0 Å². The first-order chi connectivity index (χ1) is 12.8. The molecule has 0 saturated heterocycles. The van der Waals surface area contributed by atoms with Crippen LogP contribution in [0, 0.1) is 0 Å². The first-order valence-electron chi connectivity index (χ1n) is 8.43. The molecule has 2 heterocycles. The Morgan fingerprint density at radius 2 is 1.89 bits per heavy atom. The number of carbonyl (C=O) groups is 1. The van der Waals surface area contributed by atoms with Gasteiger partial charge in [0.15, 0.2) is 0 Å². The van der Waals surface area contributed by atoms with Gasteiger partial charge in [-0.1, -0.05) is 42.5 Å². The monoisotopic (exact) mass is 375 g/mol. The van der Waals surface area contributed by atoms with E-state index in [1.807, 2.05) is 0 Å². The van der Waals surface area contributed by atoms with Gasteiger partial charge >= 0.3 is 12.1 Å². The molecule has 27 heavy (non-hydrogen) atoms. The van der Waals surface area contributed by atoms with Crippen molar-refractivity contribution in [2.45, 2.75) is 25.3 Å². The third kappa shape index (κ3) is 2.78. The van der Waals surface area contributed by atoms with E-state index in [1.165, 1.54) is 13.0 Å². The van der Waals surface area contributed by atoms with Crippen molar-refractivity contribution < 1.29 is 27.4 Å². The summed E-state index contributed by atoms with van der Waals surface area (Å²) in [5.41, 5.74) is 0.711. The number of carbonyl (C=O) groups excluding carboxylic acids is 1. The van der Waals surface area contributed by atoms with E-state index in [2.05, 4.69) is 4.98 Å². The zero-order valence-electron chi connectivity index (χ0n) is 14.4. The van der Waals surface area contributed by atoms with Gasteiger partial charge in [0.2, 0.25) is 0 Å². The standard InChI is InChI=1S/C20H16F3NO3/c1-12(25)27-19(13-6-3-2-4-7-13)18-15(10-11-26-19)14-8-5-9-16(17(14)24-18)20(21,22)23/h2-9,24H,10-11H2,1H3. The fourth-order valence-electron chi connectivity index (χ4n) is 3.65. The largest absolute Gasteiger partial charge is 0.422 e. The highest BCUT2D eigenvalue weighted by Gasteiger charge is 2.46. The Morgan fingerprint density at radius 1 is 1.15 bits per heavy atom. The van der Waals surface area contributed by atoms with Gasteiger partial charge in [-0.3, -0.25) is 4.79 Å². The number of halogens is 3. The molecule has 1 aromatic heterocycles. The lowest BCUT2D eigenvalue weighted by atomic mass is 9.94. The van der Waals surface area contributed by atoms with Gasteiger partial charge < -0.3 is 14.5 Å². The molecule has 1 aliphatic heterocycles. The lowest BCUT2D eigenvalue weighted by Gasteiger charge is -2.36. The van der Waals surface area contributed by atoms with Crippen LogP contribution in [0.4, 0.5) is 13.2 Å². The maximum atomic E-state index is 13.5. The van der Waals surface area contributed by atoms with Crippen LogP contribution in [0.2, 0.25) is 0 Å². The Bertz CT molecular complexity index is 1010. The zero-order chi connectivity index (χ0) is 19.2. The van der Waals surface area contributed by atoms with Gasteiger partial charge in [0.05, 0.1) is 23.4 Å². The highest BCUT2D eigenvalue weighted by atomic mass is 19.4. The Morgan fingerprint density at radius 3 is 2.56 bits per heavy atom. The Labute approximate surface area is 152 Å². The highest BCUT2D eigenvalue weighted by molar-refractivity contribution is 5.88. The van der Waals surface area contributed by atoms with E-state index in [0.717, 1.165) is 6.07 Å². The number of aromatic nitrogens is 1. The molecule has 1 unspecified atom stereocenters. The van der Waals surface area contributed by atoms with Crippen molar-refractivity contribution >= 4 is 16.9 Å². The zero-order valence-corrected chi connectivity index (χ0v) is 14.4.